The van der Waals surface area contributed by atoms with Crippen molar-refractivity contribution in [2.75, 3.05) is 0 Å². The van der Waals surface area contributed by atoms with Gasteiger partial charge in [0, 0.05) is 18.1 Å². The maximum absolute atomic E-state index is 11.8. The van der Waals surface area contributed by atoms with Gasteiger partial charge < -0.3 is 15.4 Å². The van der Waals surface area contributed by atoms with Crippen LogP contribution in [0.15, 0.2) is 30.3 Å². The molecule has 23 heavy (non-hydrogen) atoms. The smallest absolute Gasteiger partial charge is 0.407 e. The van der Waals surface area contributed by atoms with Crippen LogP contribution in [0.25, 0.3) is 0 Å². The molecule has 1 unspecified atom stereocenters. The largest absolute Gasteiger partial charge is 0.445 e. The first-order chi connectivity index (χ1) is 11.2. The Labute approximate surface area is 139 Å². The normalized spacial score (nSPS) is 25.6. The van der Waals surface area contributed by atoms with Crippen LogP contribution in [0.1, 0.15) is 51.0 Å². The second-order valence-electron chi connectivity index (χ2n) is 7.07. The highest BCUT2D eigenvalue weighted by atomic mass is 16.5. The van der Waals surface area contributed by atoms with Crippen LogP contribution >= 0.6 is 0 Å². The predicted octanol–water partition coefficient (Wildman–Crippen LogP) is 3.61. The van der Waals surface area contributed by atoms with Crippen molar-refractivity contribution in [1.82, 2.24) is 10.6 Å². The molecule has 1 aromatic rings. The molecule has 0 radical (unpaired) electrons. The van der Waals surface area contributed by atoms with Crippen LogP contribution in [-0.2, 0) is 11.3 Å². The lowest BCUT2D eigenvalue weighted by atomic mass is 9.85. The summed E-state index contributed by atoms with van der Waals surface area (Å²) < 4.78 is 5.26. The van der Waals surface area contributed by atoms with Gasteiger partial charge in [-0.1, -0.05) is 43.2 Å². The van der Waals surface area contributed by atoms with E-state index in [-0.39, 0.29) is 12.1 Å². The number of amides is 1. The van der Waals surface area contributed by atoms with Crippen molar-refractivity contribution >= 4 is 6.09 Å². The minimum absolute atomic E-state index is 0.256. The molecule has 2 N–H and O–H groups in total. The Morgan fingerprint density at radius 1 is 1.17 bits per heavy atom. The first kappa shape index (κ1) is 16.3. The maximum Gasteiger partial charge on any atom is 0.407 e. The van der Waals surface area contributed by atoms with Gasteiger partial charge in [0.05, 0.1) is 0 Å². The molecule has 1 amide bonds. The highest BCUT2D eigenvalue weighted by Gasteiger charge is 2.33. The summed E-state index contributed by atoms with van der Waals surface area (Å²) >= 11 is 0. The summed E-state index contributed by atoms with van der Waals surface area (Å²) in [6.45, 7) is 2.64. The van der Waals surface area contributed by atoms with Crippen molar-refractivity contribution < 1.29 is 9.53 Å². The van der Waals surface area contributed by atoms with E-state index in [0.29, 0.717) is 18.7 Å². The van der Waals surface area contributed by atoms with Gasteiger partial charge in [-0.05, 0) is 44.1 Å². The van der Waals surface area contributed by atoms with Gasteiger partial charge in [0.15, 0.2) is 0 Å². The molecule has 0 spiro atoms. The van der Waals surface area contributed by atoms with Crippen molar-refractivity contribution in [3.8, 4) is 0 Å². The quantitative estimate of drug-likeness (QED) is 0.843. The Bertz CT molecular complexity index is 493. The number of alkyl carbamates (subject to hydrolysis) is 1. The van der Waals surface area contributed by atoms with Crippen molar-refractivity contribution in [3.05, 3.63) is 35.9 Å². The fraction of sp³-hybridized carbons (Fsp3) is 0.632. The molecule has 0 aliphatic heterocycles. The molecule has 1 aromatic carbocycles. The Morgan fingerprint density at radius 2 is 1.87 bits per heavy atom. The number of ether oxygens (including phenoxy) is 1. The molecule has 0 saturated heterocycles. The monoisotopic (exact) mass is 316 g/mol. The number of carbonyl (C=O) groups excluding carboxylic acids is 1. The summed E-state index contributed by atoms with van der Waals surface area (Å²) in [5, 5.41) is 6.69. The van der Waals surface area contributed by atoms with Gasteiger partial charge in [-0.3, -0.25) is 0 Å². The number of hydrogen-bond donors (Lipinski definition) is 2. The van der Waals surface area contributed by atoms with Crippen LogP contribution in [0, 0.1) is 5.92 Å². The molecular formula is C19H28N2O2. The van der Waals surface area contributed by atoms with Gasteiger partial charge in [0.1, 0.15) is 6.61 Å². The van der Waals surface area contributed by atoms with Crippen LogP contribution in [0.2, 0.25) is 0 Å². The zero-order valence-corrected chi connectivity index (χ0v) is 14.0. The van der Waals surface area contributed by atoms with E-state index in [1.807, 2.05) is 30.3 Å². The molecule has 0 heterocycles. The standard InChI is InChI=1S/C19H28N2O2/c1-14(16-9-5-6-10-16)20-17-11-18(12-17)21-19(22)23-13-15-7-3-2-4-8-15/h2-4,7-8,14,16-18,20H,5-6,9-13H2,1H3,(H,21,22). The third kappa shape index (κ3) is 4.71. The zero-order valence-electron chi connectivity index (χ0n) is 14.0. The summed E-state index contributed by atoms with van der Waals surface area (Å²) in [5.74, 6) is 0.845. The van der Waals surface area contributed by atoms with Crippen LogP contribution in [-0.4, -0.2) is 24.2 Å². The fourth-order valence-electron chi connectivity index (χ4n) is 3.77. The summed E-state index contributed by atoms with van der Waals surface area (Å²) in [6, 6.07) is 11.2. The molecule has 1 atom stereocenters. The zero-order chi connectivity index (χ0) is 16.1. The van der Waals surface area contributed by atoms with Gasteiger partial charge >= 0.3 is 6.09 Å². The van der Waals surface area contributed by atoms with E-state index in [1.165, 1.54) is 25.7 Å². The van der Waals surface area contributed by atoms with Crippen molar-refractivity contribution in [1.29, 1.82) is 0 Å². The molecule has 2 saturated carbocycles. The van der Waals surface area contributed by atoms with E-state index >= 15 is 0 Å². The average Bonchev–Trinajstić information content (AvgIpc) is 3.06. The molecule has 2 fully saturated rings. The lowest BCUT2D eigenvalue weighted by Crippen LogP contribution is -2.55. The molecule has 2 aliphatic carbocycles. The van der Waals surface area contributed by atoms with Gasteiger partial charge in [-0.15, -0.1) is 0 Å². The number of carbonyl (C=O) groups is 1. The highest BCUT2D eigenvalue weighted by molar-refractivity contribution is 5.67. The minimum atomic E-state index is -0.304. The molecular weight excluding hydrogens is 288 g/mol. The van der Waals surface area contributed by atoms with Gasteiger partial charge in [0.2, 0.25) is 0 Å². The van der Waals surface area contributed by atoms with E-state index in [4.69, 9.17) is 4.74 Å². The van der Waals surface area contributed by atoms with Crippen LogP contribution in [0.3, 0.4) is 0 Å². The SMILES string of the molecule is CC(NC1CC(NC(=O)OCc2ccccc2)C1)C1CCCC1. The molecule has 2 aliphatic rings. The third-order valence-electron chi connectivity index (χ3n) is 5.28. The van der Waals surface area contributed by atoms with Gasteiger partial charge in [0.25, 0.3) is 0 Å². The number of nitrogens with one attached hydrogen (secondary N) is 2. The Kier molecular flexibility index (Phi) is 5.55. The summed E-state index contributed by atoms with van der Waals surface area (Å²) in [5.41, 5.74) is 1.01. The Morgan fingerprint density at radius 3 is 2.57 bits per heavy atom. The van der Waals surface area contributed by atoms with E-state index in [2.05, 4.69) is 17.6 Å². The molecule has 4 nitrogen and oxygen atoms in total. The van der Waals surface area contributed by atoms with Crippen LogP contribution in [0.4, 0.5) is 4.79 Å². The molecule has 0 aromatic heterocycles. The van der Waals surface area contributed by atoms with E-state index in [0.717, 1.165) is 24.3 Å². The summed E-state index contributed by atoms with van der Waals surface area (Å²) in [7, 11) is 0. The Hall–Kier alpha value is -1.55. The van der Waals surface area contributed by atoms with Crippen LogP contribution in [0.5, 0.6) is 0 Å². The topological polar surface area (TPSA) is 50.4 Å². The van der Waals surface area contributed by atoms with Crippen molar-refractivity contribution in [2.45, 2.75) is 70.2 Å². The lowest BCUT2D eigenvalue weighted by molar-refractivity contribution is 0.123. The Balaban J connectivity index is 1.30. The minimum Gasteiger partial charge on any atom is -0.445 e. The third-order valence-corrected chi connectivity index (χ3v) is 5.28. The molecule has 4 heteroatoms. The summed E-state index contributed by atoms with van der Waals surface area (Å²) in [4.78, 5) is 11.8. The van der Waals surface area contributed by atoms with Gasteiger partial charge in [-0.25, -0.2) is 4.79 Å². The van der Waals surface area contributed by atoms with E-state index < -0.39 is 0 Å². The number of rotatable bonds is 6. The molecule has 3 rings (SSSR count). The number of hydrogen-bond acceptors (Lipinski definition) is 3. The summed E-state index contributed by atoms with van der Waals surface area (Å²) in [6.07, 6.45) is 7.23. The van der Waals surface area contributed by atoms with Crippen molar-refractivity contribution in [2.24, 2.45) is 5.92 Å². The maximum atomic E-state index is 11.8. The first-order valence-corrected chi connectivity index (χ1v) is 8.94. The molecule has 126 valence electrons. The number of benzene rings is 1. The highest BCUT2D eigenvalue weighted by Crippen LogP contribution is 2.29. The first-order valence-electron chi connectivity index (χ1n) is 8.94. The second kappa shape index (κ2) is 7.82. The molecule has 0 bridgehead atoms. The van der Waals surface area contributed by atoms with Crippen molar-refractivity contribution in [3.63, 3.8) is 0 Å². The second-order valence-corrected chi connectivity index (χ2v) is 7.07. The van der Waals surface area contributed by atoms with Gasteiger partial charge in [-0.2, -0.15) is 0 Å². The lowest BCUT2D eigenvalue weighted by Gasteiger charge is -2.39. The van der Waals surface area contributed by atoms with E-state index in [1.54, 1.807) is 0 Å². The average molecular weight is 316 g/mol. The fourth-order valence-corrected chi connectivity index (χ4v) is 3.77. The van der Waals surface area contributed by atoms with E-state index in [9.17, 15) is 4.79 Å². The predicted molar refractivity (Wildman–Crippen MR) is 91.1 cm³/mol. The van der Waals surface area contributed by atoms with Crippen LogP contribution < -0.4 is 10.6 Å².